The number of nitrogens with zero attached hydrogens (tertiary/aromatic N) is 2. The highest BCUT2D eigenvalue weighted by molar-refractivity contribution is 5.90. The molecule has 0 amide bonds. The molecule has 33 heavy (non-hydrogen) atoms. The van der Waals surface area contributed by atoms with Gasteiger partial charge in [0.15, 0.2) is 0 Å². The molecular weight excluding hydrogens is 412 g/mol. The number of likely N-dealkylation sites (tertiary alicyclic amines) is 1. The average Bonchev–Trinajstić information content (AvgIpc) is 3.32. The van der Waals surface area contributed by atoms with Gasteiger partial charge in [0, 0.05) is 26.6 Å². The summed E-state index contributed by atoms with van der Waals surface area (Å²) < 4.78 is 11.8. The van der Waals surface area contributed by atoms with Crippen molar-refractivity contribution in [3.05, 3.63) is 24.8 Å². The Morgan fingerprint density at radius 2 is 1.85 bits per heavy atom. The standard InChI is InChI=1S/C20H32N2O3.C3H8.C3H4.C2H4/c1-14-12-16-7-6-15(2)25-20(23)17(13-14)19(16)24-11-8-18(21-3)22-9-4-5-10-22;2*1-3-2;1-2/h13-16,19H,4-12H2,1-3H3;3H2,1-2H3;1H,2H3;1-2H2/t14?,15-,16?,19-;;;/m0.../s1. The van der Waals surface area contributed by atoms with Gasteiger partial charge in [-0.1, -0.05) is 33.3 Å². The van der Waals surface area contributed by atoms with Crippen LogP contribution < -0.4 is 0 Å². The van der Waals surface area contributed by atoms with Gasteiger partial charge in [-0.2, -0.15) is 0 Å². The van der Waals surface area contributed by atoms with Gasteiger partial charge in [-0.3, -0.25) is 4.99 Å². The number of ether oxygens (including phenoxy) is 2. The highest BCUT2D eigenvalue weighted by Gasteiger charge is 2.38. The van der Waals surface area contributed by atoms with Crippen LogP contribution in [0.15, 0.2) is 29.8 Å². The zero-order valence-electron chi connectivity index (χ0n) is 22.1. The monoisotopic (exact) mass is 460 g/mol. The molecule has 3 aliphatic rings. The van der Waals surface area contributed by atoms with Crippen molar-refractivity contribution in [3.8, 4) is 12.3 Å². The first kappa shape index (κ1) is 30.9. The zero-order valence-corrected chi connectivity index (χ0v) is 22.1. The lowest BCUT2D eigenvalue weighted by Crippen LogP contribution is -2.39. The molecule has 0 aromatic carbocycles. The lowest BCUT2D eigenvalue weighted by Gasteiger charge is -2.37. The lowest BCUT2D eigenvalue weighted by molar-refractivity contribution is -0.148. The van der Waals surface area contributed by atoms with E-state index in [0.29, 0.717) is 18.4 Å². The van der Waals surface area contributed by atoms with E-state index >= 15 is 0 Å². The minimum Gasteiger partial charge on any atom is -0.459 e. The number of esters is 1. The van der Waals surface area contributed by atoms with Gasteiger partial charge < -0.3 is 14.4 Å². The largest absolute Gasteiger partial charge is 0.459 e. The van der Waals surface area contributed by atoms with E-state index in [4.69, 9.17) is 9.47 Å². The second-order valence-corrected chi connectivity index (χ2v) is 8.76. The number of carbonyl (C=O) groups is 1. The van der Waals surface area contributed by atoms with Crippen molar-refractivity contribution in [3.63, 3.8) is 0 Å². The van der Waals surface area contributed by atoms with Crippen LogP contribution in [-0.4, -0.2) is 55.7 Å². The SMILES string of the molecule is C#CC.C=C.CCC.CN=C(CCO[C@@H]1C2=CC(C)CC1CC[C@H](C)OC2=O)N1CCCC1. The maximum absolute atomic E-state index is 12.5. The maximum Gasteiger partial charge on any atom is 0.336 e. The van der Waals surface area contributed by atoms with E-state index in [9.17, 15) is 4.79 Å². The van der Waals surface area contributed by atoms with Crippen LogP contribution in [0.3, 0.4) is 0 Å². The van der Waals surface area contributed by atoms with E-state index in [-0.39, 0.29) is 18.2 Å². The van der Waals surface area contributed by atoms with Crippen molar-refractivity contribution < 1.29 is 14.3 Å². The molecule has 5 heteroatoms. The number of carbonyl (C=O) groups excluding carboxylic acids is 1. The van der Waals surface area contributed by atoms with Crippen LogP contribution >= 0.6 is 0 Å². The molecule has 2 saturated heterocycles. The quantitative estimate of drug-likeness (QED) is 0.168. The number of amidine groups is 1. The van der Waals surface area contributed by atoms with E-state index in [1.54, 1.807) is 6.92 Å². The summed E-state index contributed by atoms with van der Waals surface area (Å²) in [4.78, 5) is 19.3. The van der Waals surface area contributed by atoms with E-state index < -0.39 is 0 Å². The second kappa shape index (κ2) is 18.4. The van der Waals surface area contributed by atoms with Gasteiger partial charge in [0.2, 0.25) is 0 Å². The lowest BCUT2D eigenvalue weighted by atomic mass is 9.77. The fourth-order valence-electron chi connectivity index (χ4n) is 4.43. The first-order chi connectivity index (χ1) is 15.9. The van der Waals surface area contributed by atoms with E-state index in [1.165, 1.54) is 19.3 Å². The molecule has 2 heterocycles. The normalized spacial score (nSPS) is 26.3. The number of fused-ring (bicyclic) bond motifs is 2. The smallest absolute Gasteiger partial charge is 0.336 e. The Kier molecular flexibility index (Phi) is 17.2. The first-order valence-electron chi connectivity index (χ1n) is 12.5. The number of rotatable bonds is 4. The van der Waals surface area contributed by atoms with Crippen molar-refractivity contribution in [1.29, 1.82) is 0 Å². The summed E-state index contributed by atoms with van der Waals surface area (Å²) >= 11 is 0. The highest BCUT2D eigenvalue weighted by atomic mass is 16.5. The molecule has 2 bridgehead atoms. The molecule has 0 saturated carbocycles. The van der Waals surface area contributed by atoms with Gasteiger partial charge in [-0.05, 0) is 57.8 Å². The Hall–Kier alpha value is -2.06. The molecule has 0 aromatic heterocycles. The Morgan fingerprint density at radius 3 is 2.39 bits per heavy atom. The number of hydrogen-bond acceptors (Lipinski definition) is 4. The number of aliphatic imine (C=N–C) groups is 1. The van der Waals surface area contributed by atoms with E-state index in [2.05, 4.69) is 62.2 Å². The maximum atomic E-state index is 12.5. The van der Waals surface area contributed by atoms with Crippen molar-refractivity contribution in [1.82, 2.24) is 4.90 Å². The summed E-state index contributed by atoms with van der Waals surface area (Å²) in [6, 6.07) is 0. The van der Waals surface area contributed by atoms with Gasteiger partial charge in [0.25, 0.3) is 0 Å². The molecule has 0 radical (unpaired) electrons. The van der Waals surface area contributed by atoms with Crippen LogP contribution in [0.4, 0.5) is 0 Å². The second-order valence-electron chi connectivity index (χ2n) is 8.76. The van der Waals surface area contributed by atoms with Crippen LogP contribution in [0.25, 0.3) is 0 Å². The predicted octanol–water partition coefficient (Wildman–Crippen LogP) is 6.05. The van der Waals surface area contributed by atoms with Crippen molar-refractivity contribution in [2.75, 3.05) is 26.7 Å². The van der Waals surface area contributed by atoms with Gasteiger partial charge in [-0.15, -0.1) is 25.5 Å². The Balaban J connectivity index is 0.00000113. The van der Waals surface area contributed by atoms with Gasteiger partial charge in [-0.25, -0.2) is 4.79 Å². The van der Waals surface area contributed by atoms with Gasteiger partial charge in [0.05, 0.1) is 24.4 Å². The molecule has 2 aliphatic heterocycles. The van der Waals surface area contributed by atoms with Crippen molar-refractivity contribution in [2.24, 2.45) is 16.8 Å². The minimum atomic E-state index is -0.183. The number of allylic oxidation sites excluding steroid dienone is 1. The predicted molar refractivity (Wildman–Crippen MR) is 140 cm³/mol. The Morgan fingerprint density at radius 1 is 1.27 bits per heavy atom. The fourth-order valence-corrected chi connectivity index (χ4v) is 4.43. The Bertz CT molecular complexity index is 644. The summed E-state index contributed by atoms with van der Waals surface area (Å²) in [5, 5.41) is 0. The molecule has 2 fully saturated rings. The molecule has 0 spiro atoms. The summed E-state index contributed by atoms with van der Waals surface area (Å²) in [6.45, 7) is 18.9. The fraction of sp³-hybridized carbons (Fsp3) is 0.714. The molecule has 5 nitrogen and oxygen atoms in total. The zero-order chi connectivity index (χ0) is 25.2. The summed E-state index contributed by atoms with van der Waals surface area (Å²) in [7, 11) is 1.86. The first-order valence-corrected chi connectivity index (χ1v) is 12.5. The van der Waals surface area contributed by atoms with Crippen LogP contribution in [0.1, 0.15) is 79.6 Å². The van der Waals surface area contributed by atoms with Gasteiger partial charge >= 0.3 is 5.97 Å². The van der Waals surface area contributed by atoms with Gasteiger partial charge in [0.1, 0.15) is 5.84 Å². The highest BCUT2D eigenvalue weighted by Crippen LogP contribution is 2.36. The van der Waals surface area contributed by atoms with Crippen molar-refractivity contribution in [2.45, 2.75) is 91.8 Å². The third-order valence-corrected chi connectivity index (χ3v) is 5.71. The molecule has 4 atom stereocenters. The average molecular weight is 461 g/mol. The number of cyclic esters (lactones) is 1. The van der Waals surface area contributed by atoms with Crippen LogP contribution in [0.2, 0.25) is 0 Å². The van der Waals surface area contributed by atoms with Crippen LogP contribution in [0.5, 0.6) is 0 Å². The molecule has 1 aliphatic carbocycles. The third kappa shape index (κ3) is 11.1. The summed E-state index contributed by atoms with van der Waals surface area (Å²) in [5.41, 5.74) is 0.742. The van der Waals surface area contributed by atoms with E-state index in [1.807, 2.05) is 14.0 Å². The summed E-state index contributed by atoms with van der Waals surface area (Å²) in [5.74, 6) is 4.03. The van der Waals surface area contributed by atoms with Crippen LogP contribution in [-0.2, 0) is 14.3 Å². The molecular formula is C28H48N2O3. The Labute approximate surface area is 203 Å². The molecule has 3 rings (SSSR count). The molecule has 0 N–H and O–H groups in total. The molecule has 188 valence electrons. The van der Waals surface area contributed by atoms with Crippen LogP contribution in [0, 0.1) is 24.2 Å². The topological polar surface area (TPSA) is 51.1 Å². The third-order valence-electron chi connectivity index (χ3n) is 5.71. The van der Waals surface area contributed by atoms with E-state index in [0.717, 1.165) is 50.2 Å². The number of hydrogen-bond donors (Lipinski definition) is 0. The minimum absolute atomic E-state index is 0.00162. The number of terminal acetylenes is 1. The molecule has 0 aromatic rings. The molecule has 2 unspecified atom stereocenters. The van der Waals surface area contributed by atoms with Crippen molar-refractivity contribution >= 4 is 11.8 Å². The summed E-state index contributed by atoms with van der Waals surface area (Å²) in [6.07, 6.45) is 14.2.